The maximum absolute atomic E-state index is 11.0. The predicted molar refractivity (Wildman–Crippen MR) is 70.6 cm³/mol. The molecule has 0 radical (unpaired) electrons. The van der Waals surface area contributed by atoms with Gasteiger partial charge in [0, 0.05) is 16.2 Å². The fourth-order valence-electron chi connectivity index (χ4n) is 2.24. The molecular weight excluding hydrogens is 317 g/mol. The van der Waals surface area contributed by atoms with Crippen LogP contribution < -0.4 is 0 Å². The molecule has 0 unspecified atom stereocenters. The molecule has 0 saturated carbocycles. The molecule has 16 heavy (non-hydrogen) atoms. The van der Waals surface area contributed by atoms with Gasteiger partial charge in [-0.05, 0) is 59.5 Å². The van der Waals surface area contributed by atoms with E-state index in [9.17, 15) is 4.79 Å². The van der Waals surface area contributed by atoms with Gasteiger partial charge in [0.05, 0.1) is 0 Å². The van der Waals surface area contributed by atoms with Crippen LogP contribution in [0.1, 0.15) is 18.4 Å². The number of halogens is 1. The van der Waals surface area contributed by atoms with Crippen molar-refractivity contribution in [3.63, 3.8) is 0 Å². The van der Waals surface area contributed by atoms with Crippen LogP contribution in [0, 0.1) is 3.57 Å². The van der Waals surface area contributed by atoms with Gasteiger partial charge in [0.2, 0.25) is 0 Å². The molecular formula is C12H14INO2. The van der Waals surface area contributed by atoms with Crippen LogP contribution in [0.25, 0.3) is 0 Å². The first-order valence-electron chi connectivity index (χ1n) is 5.41. The van der Waals surface area contributed by atoms with Gasteiger partial charge < -0.3 is 10.0 Å². The first-order valence-corrected chi connectivity index (χ1v) is 6.48. The molecule has 0 bridgehead atoms. The van der Waals surface area contributed by atoms with Crippen molar-refractivity contribution in [3.8, 4) is 0 Å². The summed E-state index contributed by atoms with van der Waals surface area (Å²) in [5, 5.41) is 9.04. The van der Waals surface area contributed by atoms with Crippen LogP contribution in [0.15, 0.2) is 24.3 Å². The second-order valence-electron chi connectivity index (χ2n) is 4.11. The highest BCUT2D eigenvalue weighted by atomic mass is 127. The van der Waals surface area contributed by atoms with Crippen LogP contribution >= 0.6 is 22.6 Å². The lowest BCUT2D eigenvalue weighted by atomic mass is 10.0. The predicted octanol–water partition coefficient (Wildman–Crippen LogP) is 2.98. The van der Waals surface area contributed by atoms with E-state index in [2.05, 4.69) is 34.7 Å². The van der Waals surface area contributed by atoms with Crippen LogP contribution in [0.5, 0.6) is 0 Å². The molecule has 1 aromatic rings. The van der Waals surface area contributed by atoms with Crippen molar-refractivity contribution in [2.45, 2.75) is 25.3 Å². The molecule has 1 N–H and O–H groups in total. The smallest absolute Gasteiger partial charge is 0.407 e. The summed E-state index contributed by atoms with van der Waals surface area (Å²) in [7, 11) is 0. The highest BCUT2D eigenvalue weighted by molar-refractivity contribution is 14.1. The molecule has 1 aliphatic heterocycles. The van der Waals surface area contributed by atoms with Crippen molar-refractivity contribution in [1.82, 2.24) is 4.90 Å². The lowest BCUT2D eigenvalue weighted by Crippen LogP contribution is -2.35. The average Bonchev–Trinajstić information content (AvgIpc) is 2.66. The molecule has 0 aromatic heterocycles. The second-order valence-corrected chi connectivity index (χ2v) is 5.35. The standard InChI is InChI=1S/C12H14INO2/c13-10-4-1-3-9(7-10)8-11-5-2-6-14(11)12(15)16/h1,3-4,7,11H,2,5-6,8H2,(H,15,16)/t11-/m0/s1. The van der Waals surface area contributed by atoms with E-state index in [1.54, 1.807) is 4.90 Å². The highest BCUT2D eigenvalue weighted by Crippen LogP contribution is 2.21. The maximum atomic E-state index is 11.0. The Morgan fingerprint density at radius 3 is 3.06 bits per heavy atom. The number of hydrogen-bond donors (Lipinski definition) is 1. The summed E-state index contributed by atoms with van der Waals surface area (Å²) < 4.78 is 1.20. The van der Waals surface area contributed by atoms with E-state index >= 15 is 0 Å². The molecule has 0 aliphatic carbocycles. The number of amides is 1. The molecule has 0 spiro atoms. The fourth-order valence-corrected chi connectivity index (χ4v) is 2.84. The number of carboxylic acid groups (broad SMARTS) is 1. The van der Waals surface area contributed by atoms with Gasteiger partial charge >= 0.3 is 6.09 Å². The van der Waals surface area contributed by atoms with E-state index in [0.717, 1.165) is 19.3 Å². The van der Waals surface area contributed by atoms with E-state index in [0.29, 0.717) is 6.54 Å². The van der Waals surface area contributed by atoms with Crippen molar-refractivity contribution >= 4 is 28.7 Å². The summed E-state index contributed by atoms with van der Waals surface area (Å²) in [6, 6.07) is 8.43. The van der Waals surface area contributed by atoms with Crippen molar-refractivity contribution in [1.29, 1.82) is 0 Å². The zero-order valence-corrected chi connectivity index (χ0v) is 11.1. The van der Waals surface area contributed by atoms with Crippen molar-refractivity contribution in [2.24, 2.45) is 0 Å². The summed E-state index contributed by atoms with van der Waals surface area (Å²) >= 11 is 2.28. The Kier molecular flexibility index (Phi) is 3.68. The lowest BCUT2D eigenvalue weighted by molar-refractivity contribution is 0.140. The Balaban J connectivity index is 2.06. The molecule has 1 atom stereocenters. The van der Waals surface area contributed by atoms with Crippen molar-refractivity contribution < 1.29 is 9.90 Å². The number of likely N-dealkylation sites (tertiary alicyclic amines) is 1. The minimum atomic E-state index is -0.784. The number of carbonyl (C=O) groups is 1. The topological polar surface area (TPSA) is 40.5 Å². The summed E-state index contributed by atoms with van der Waals surface area (Å²) in [6.07, 6.45) is 2.02. The number of hydrogen-bond acceptors (Lipinski definition) is 1. The first kappa shape index (κ1) is 11.7. The Hall–Kier alpha value is -0.780. The van der Waals surface area contributed by atoms with Gasteiger partial charge in [0.1, 0.15) is 0 Å². The van der Waals surface area contributed by atoms with Crippen molar-refractivity contribution in [3.05, 3.63) is 33.4 Å². The first-order chi connectivity index (χ1) is 7.66. The molecule has 3 nitrogen and oxygen atoms in total. The lowest BCUT2D eigenvalue weighted by Gasteiger charge is -2.21. The van der Waals surface area contributed by atoms with Crippen LogP contribution in [0.2, 0.25) is 0 Å². The number of nitrogens with zero attached hydrogens (tertiary/aromatic N) is 1. The van der Waals surface area contributed by atoms with Gasteiger partial charge in [-0.15, -0.1) is 0 Å². The molecule has 4 heteroatoms. The average molecular weight is 331 g/mol. The maximum Gasteiger partial charge on any atom is 0.407 e. The Morgan fingerprint density at radius 2 is 2.38 bits per heavy atom. The Bertz CT molecular complexity index is 394. The molecule has 1 amide bonds. The minimum Gasteiger partial charge on any atom is -0.465 e. The van der Waals surface area contributed by atoms with Gasteiger partial charge in [-0.25, -0.2) is 4.79 Å². The van der Waals surface area contributed by atoms with E-state index in [4.69, 9.17) is 5.11 Å². The summed E-state index contributed by atoms with van der Waals surface area (Å²) in [6.45, 7) is 0.684. The molecule has 86 valence electrons. The third-order valence-corrected chi connectivity index (χ3v) is 3.65. The summed E-state index contributed by atoms with van der Waals surface area (Å²) in [4.78, 5) is 12.6. The van der Waals surface area contributed by atoms with Gasteiger partial charge in [0.15, 0.2) is 0 Å². The second kappa shape index (κ2) is 5.03. The molecule has 1 fully saturated rings. The number of benzene rings is 1. The Labute approximate surface area is 109 Å². The fraction of sp³-hybridized carbons (Fsp3) is 0.417. The largest absolute Gasteiger partial charge is 0.465 e. The van der Waals surface area contributed by atoms with Crippen molar-refractivity contribution in [2.75, 3.05) is 6.54 Å². The summed E-state index contributed by atoms with van der Waals surface area (Å²) in [5.41, 5.74) is 1.23. The zero-order valence-electron chi connectivity index (χ0n) is 8.90. The minimum absolute atomic E-state index is 0.163. The zero-order chi connectivity index (χ0) is 11.5. The number of rotatable bonds is 2. The monoisotopic (exact) mass is 331 g/mol. The molecule has 1 heterocycles. The molecule has 1 aliphatic rings. The van der Waals surface area contributed by atoms with E-state index in [-0.39, 0.29) is 6.04 Å². The van der Waals surface area contributed by atoms with Crippen LogP contribution in [-0.4, -0.2) is 28.7 Å². The van der Waals surface area contributed by atoms with Crippen LogP contribution in [-0.2, 0) is 6.42 Å². The third kappa shape index (κ3) is 2.66. The van der Waals surface area contributed by atoms with Gasteiger partial charge in [-0.2, -0.15) is 0 Å². The van der Waals surface area contributed by atoms with E-state index < -0.39 is 6.09 Å². The molecule has 2 rings (SSSR count). The van der Waals surface area contributed by atoms with Gasteiger partial charge in [0.25, 0.3) is 0 Å². The van der Waals surface area contributed by atoms with Crippen LogP contribution in [0.4, 0.5) is 4.79 Å². The van der Waals surface area contributed by atoms with Crippen LogP contribution in [0.3, 0.4) is 0 Å². The normalized spacial score (nSPS) is 20.1. The highest BCUT2D eigenvalue weighted by Gasteiger charge is 2.28. The van der Waals surface area contributed by atoms with Gasteiger partial charge in [-0.1, -0.05) is 12.1 Å². The molecule has 1 saturated heterocycles. The molecule has 1 aromatic carbocycles. The third-order valence-electron chi connectivity index (χ3n) is 2.98. The quantitative estimate of drug-likeness (QED) is 0.847. The SMILES string of the molecule is O=C(O)N1CCC[C@H]1Cc1cccc(I)c1. The van der Waals surface area contributed by atoms with E-state index in [1.807, 2.05) is 12.1 Å². The van der Waals surface area contributed by atoms with E-state index in [1.165, 1.54) is 9.13 Å². The summed E-state index contributed by atoms with van der Waals surface area (Å²) in [5.74, 6) is 0. The Morgan fingerprint density at radius 1 is 1.56 bits per heavy atom. The van der Waals surface area contributed by atoms with Gasteiger partial charge in [-0.3, -0.25) is 0 Å².